The van der Waals surface area contributed by atoms with Crippen LogP contribution in [0.3, 0.4) is 0 Å². The molecule has 0 radical (unpaired) electrons. The molecule has 0 aliphatic rings. The molecule has 10 heteroatoms. The Morgan fingerprint density at radius 2 is 2.19 bits per heavy atom. The SMILES string of the molecule is N#Cc1ccc(NS(=O)(=O)c2cc(C(=O)O)sc2Br)nc1. The topological polar surface area (TPSA) is 120 Å². The van der Waals surface area contributed by atoms with Crippen LogP contribution < -0.4 is 4.72 Å². The van der Waals surface area contributed by atoms with Crippen molar-refractivity contribution in [3.8, 4) is 6.07 Å². The van der Waals surface area contributed by atoms with Crippen LogP contribution in [-0.2, 0) is 10.0 Å². The van der Waals surface area contributed by atoms with Gasteiger partial charge in [-0.05, 0) is 34.1 Å². The number of hydrogen-bond donors (Lipinski definition) is 2. The van der Waals surface area contributed by atoms with Crippen molar-refractivity contribution in [1.29, 1.82) is 5.26 Å². The van der Waals surface area contributed by atoms with E-state index in [0.29, 0.717) is 5.56 Å². The van der Waals surface area contributed by atoms with Gasteiger partial charge in [0.1, 0.15) is 21.7 Å². The number of carboxylic acid groups (broad SMARTS) is 1. The number of rotatable bonds is 4. The summed E-state index contributed by atoms with van der Waals surface area (Å²) in [5, 5.41) is 17.5. The molecule has 7 nitrogen and oxygen atoms in total. The third-order valence-electron chi connectivity index (χ3n) is 2.29. The Labute approximate surface area is 132 Å². The summed E-state index contributed by atoms with van der Waals surface area (Å²) in [5.41, 5.74) is 0.294. The lowest BCUT2D eigenvalue weighted by Gasteiger charge is -2.05. The third-order valence-corrected chi connectivity index (χ3v) is 5.88. The largest absolute Gasteiger partial charge is 0.477 e. The normalized spacial score (nSPS) is 10.9. The van der Waals surface area contributed by atoms with Gasteiger partial charge in [0.2, 0.25) is 0 Å². The number of nitriles is 1. The fourth-order valence-electron chi connectivity index (χ4n) is 1.35. The Morgan fingerprint density at radius 1 is 1.48 bits per heavy atom. The van der Waals surface area contributed by atoms with Crippen LogP contribution in [0.15, 0.2) is 33.1 Å². The van der Waals surface area contributed by atoms with E-state index in [1.54, 1.807) is 0 Å². The standard InChI is InChI=1S/C11H6BrN3O4S2/c12-10-8(3-7(20-10)11(16)17)21(18,19)15-9-2-1-6(4-13)5-14-9/h1-3,5H,(H,14,15)(H,16,17). The van der Waals surface area contributed by atoms with Crippen LogP contribution in [0.1, 0.15) is 15.2 Å². The second-order valence-electron chi connectivity index (χ2n) is 3.70. The molecule has 0 aliphatic heterocycles. The van der Waals surface area contributed by atoms with Crippen molar-refractivity contribution in [2.45, 2.75) is 4.90 Å². The van der Waals surface area contributed by atoms with Crippen LogP contribution in [0.4, 0.5) is 5.82 Å². The van der Waals surface area contributed by atoms with Crippen molar-refractivity contribution in [1.82, 2.24) is 4.98 Å². The average molecular weight is 388 g/mol. The molecule has 0 spiro atoms. The summed E-state index contributed by atoms with van der Waals surface area (Å²) < 4.78 is 26.8. The molecule has 2 aromatic heterocycles. The first-order valence-corrected chi connectivity index (χ1v) is 8.34. The minimum atomic E-state index is -3.97. The van der Waals surface area contributed by atoms with Crippen molar-refractivity contribution in [3.63, 3.8) is 0 Å². The highest BCUT2D eigenvalue weighted by Crippen LogP contribution is 2.32. The van der Waals surface area contributed by atoms with Crippen molar-refractivity contribution in [2.75, 3.05) is 4.72 Å². The molecule has 21 heavy (non-hydrogen) atoms. The van der Waals surface area contributed by atoms with Gasteiger partial charge in [-0.3, -0.25) is 4.72 Å². The molecular formula is C11H6BrN3O4S2. The second kappa shape index (κ2) is 5.80. The van der Waals surface area contributed by atoms with Crippen LogP contribution in [-0.4, -0.2) is 24.5 Å². The molecule has 0 amide bonds. The molecule has 2 N–H and O–H groups in total. The van der Waals surface area contributed by atoms with Crippen LogP contribution in [0.5, 0.6) is 0 Å². The molecule has 0 bridgehead atoms. The van der Waals surface area contributed by atoms with Crippen LogP contribution in [0.25, 0.3) is 0 Å². The second-order valence-corrected chi connectivity index (χ2v) is 7.72. The zero-order valence-electron chi connectivity index (χ0n) is 10.1. The number of carbonyl (C=O) groups is 1. The van der Waals surface area contributed by atoms with Crippen molar-refractivity contribution in [2.24, 2.45) is 0 Å². The van der Waals surface area contributed by atoms with Gasteiger partial charge in [-0.25, -0.2) is 18.2 Å². The van der Waals surface area contributed by atoms with Crippen molar-refractivity contribution < 1.29 is 18.3 Å². The fourth-order valence-corrected chi connectivity index (χ4v) is 4.77. The Balaban J connectivity index is 2.33. The van der Waals surface area contributed by atoms with Crippen LogP contribution >= 0.6 is 27.3 Å². The molecule has 0 saturated heterocycles. The number of carboxylic acids is 1. The summed E-state index contributed by atoms with van der Waals surface area (Å²) >= 11 is 3.83. The van der Waals surface area contributed by atoms with Crippen molar-refractivity contribution in [3.05, 3.63) is 38.6 Å². The van der Waals surface area contributed by atoms with E-state index in [-0.39, 0.29) is 19.4 Å². The zero-order chi connectivity index (χ0) is 15.6. The molecule has 108 valence electrons. The average Bonchev–Trinajstić information content (AvgIpc) is 2.82. The molecule has 2 heterocycles. The van der Waals surface area contributed by atoms with E-state index in [1.165, 1.54) is 18.3 Å². The van der Waals surface area contributed by atoms with E-state index < -0.39 is 16.0 Å². The maximum absolute atomic E-state index is 12.2. The highest BCUT2D eigenvalue weighted by molar-refractivity contribution is 9.11. The van der Waals surface area contributed by atoms with Gasteiger partial charge in [-0.1, -0.05) is 0 Å². The van der Waals surface area contributed by atoms with Gasteiger partial charge < -0.3 is 5.11 Å². The number of anilines is 1. The van der Waals surface area contributed by atoms with Gasteiger partial charge >= 0.3 is 5.97 Å². The van der Waals surface area contributed by atoms with Gasteiger partial charge in [0.05, 0.1) is 9.35 Å². The first kappa shape index (κ1) is 15.4. The van der Waals surface area contributed by atoms with Gasteiger partial charge in [-0.15, -0.1) is 11.3 Å². The Hall–Kier alpha value is -1.96. The molecule has 0 aliphatic carbocycles. The van der Waals surface area contributed by atoms with E-state index in [1.807, 2.05) is 6.07 Å². The Morgan fingerprint density at radius 3 is 2.67 bits per heavy atom. The lowest BCUT2D eigenvalue weighted by Crippen LogP contribution is -2.13. The maximum Gasteiger partial charge on any atom is 0.345 e. The number of aromatic carboxylic acids is 1. The molecule has 0 aromatic carbocycles. The van der Waals surface area contributed by atoms with E-state index in [2.05, 4.69) is 25.6 Å². The summed E-state index contributed by atoms with van der Waals surface area (Å²) in [6.45, 7) is 0. The third kappa shape index (κ3) is 3.38. The first-order valence-electron chi connectivity index (χ1n) is 5.25. The Bertz CT molecular complexity index is 837. The zero-order valence-corrected chi connectivity index (χ0v) is 13.3. The van der Waals surface area contributed by atoms with E-state index in [0.717, 1.165) is 17.4 Å². The van der Waals surface area contributed by atoms with Gasteiger partial charge in [-0.2, -0.15) is 5.26 Å². The number of thiophene rings is 1. The minimum Gasteiger partial charge on any atom is -0.477 e. The molecule has 0 unspecified atom stereocenters. The number of aromatic nitrogens is 1. The minimum absolute atomic E-state index is 0.0315. The predicted octanol–water partition coefficient (Wildman–Crippen LogP) is 2.28. The van der Waals surface area contributed by atoms with E-state index in [4.69, 9.17) is 10.4 Å². The highest BCUT2D eigenvalue weighted by Gasteiger charge is 2.23. The smallest absolute Gasteiger partial charge is 0.345 e. The summed E-state index contributed by atoms with van der Waals surface area (Å²) in [4.78, 5) is 14.4. The summed E-state index contributed by atoms with van der Waals surface area (Å²) in [6.07, 6.45) is 1.23. The number of pyridine rings is 1. The summed E-state index contributed by atoms with van der Waals surface area (Å²) in [7, 11) is -3.97. The van der Waals surface area contributed by atoms with Gasteiger partial charge in [0.15, 0.2) is 0 Å². The number of nitrogens with zero attached hydrogens (tertiary/aromatic N) is 2. The lowest BCUT2D eigenvalue weighted by atomic mass is 10.3. The highest BCUT2D eigenvalue weighted by atomic mass is 79.9. The van der Waals surface area contributed by atoms with Crippen LogP contribution in [0.2, 0.25) is 0 Å². The number of hydrogen-bond acceptors (Lipinski definition) is 6. The maximum atomic E-state index is 12.2. The number of nitrogens with one attached hydrogen (secondary N) is 1. The summed E-state index contributed by atoms with van der Waals surface area (Å²) in [5.74, 6) is -1.18. The Kier molecular flexibility index (Phi) is 4.26. The number of halogens is 1. The van der Waals surface area contributed by atoms with Gasteiger partial charge in [0, 0.05) is 6.20 Å². The van der Waals surface area contributed by atoms with Gasteiger partial charge in [0.25, 0.3) is 10.0 Å². The summed E-state index contributed by atoms with van der Waals surface area (Å²) in [6, 6.07) is 5.68. The molecule has 2 rings (SSSR count). The monoisotopic (exact) mass is 387 g/mol. The quantitative estimate of drug-likeness (QED) is 0.829. The number of sulfonamides is 1. The lowest BCUT2D eigenvalue weighted by molar-refractivity contribution is 0.0702. The van der Waals surface area contributed by atoms with E-state index in [9.17, 15) is 13.2 Å². The molecule has 2 aromatic rings. The molecule has 0 saturated carbocycles. The van der Waals surface area contributed by atoms with Crippen molar-refractivity contribution >= 4 is 49.1 Å². The van der Waals surface area contributed by atoms with Crippen LogP contribution in [0, 0.1) is 11.3 Å². The first-order chi connectivity index (χ1) is 9.83. The fraction of sp³-hybridized carbons (Fsp3) is 0. The molecular weight excluding hydrogens is 382 g/mol. The van der Waals surface area contributed by atoms with E-state index >= 15 is 0 Å². The molecule has 0 fully saturated rings. The molecule has 0 atom stereocenters. The predicted molar refractivity (Wildman–Crippen MR) is 78.7 cm³/mol.